The quantitative estimate of drug-likeness (QED) is 0.884. The van der Waals surface area contributed by atoms with E-state index in [1.54, 1.807) is 17.0 Å². The maximum absolute atomic E-state index is 12.4. The van der Waals surface area contributed by atoms with Crippen LogP contribution in [0.2, 0.25) is 0 Å². The number of ether oxygens (including phenoxy) is 2. The Hall–Kier alpha value is -2.24. The van der Waals surface area contributed by atoms with Crippen LogP contribution in [0.3, 0.4) is 0 Å². The number of carboxylic acid groups (broad SMARTS) is 1. The van der Waals surface area contributed by atoms with Gasteiger partial charge in [-0.3, -0.25) is 9.59 Å². The lowest BCUT2D eigenvalue weighted by Gasteiger charge is -2.34. The van der Waals surface area contributed by atoms with Gasteiger partial charge in [0.05, 0.1) is 5.92 Å². The van der Waals surface area contributed by atoms with Crippen molar-refractivity contribution in [3.63, 3.8) is 0 Å². The first-order valence-electron chi connectivity index (χ1n) is 7.05. The molecule has 0 aromatic heterocycles. The summed E-state index contributed by atoms with van der Waals surface area (Å²) in [4.78, 5) is 25.0. The topological polar surface area (TPSA) is 76.1 Å². The van der Waals surface area contributed by atoms with E-state index in [0.29, 0.717) is 37.4 Å². The average Bonchev–Trinajstić information content (AvgIpc) is 2.54. The molecule has 0 unspecified atom stereocenters. The van der Waals surface area contributed by atoms with Crippen LogP contribution in [0.25, 0.3) is 0 Å². The molecule has 1 N–H and O–H groups in total. The number of fused-ring (bicyclic) bond motifs is 1. The molecule has 6 nitrogen and oxygen atoms in total. The molecular weight excluding hydrogens is 274 g/mol. The number of piperidine rings is 1. The van der Waals surface area contributed by atoms with E-state index in [2.05, 4.69) is 0 Å². The Morgan fingerprint density at radius 2 is 1.81 bits per heavy atom. The molecule has 3 rings (SSSR count). The van der Waals surface area contributed by atoms with E-state index in [0.717, 1.165) is 0 Å². The molecule has 0 bridgehead atoms. The predicted molar refractivity (Wildman–Crippen MR) is 73.3 cm³/mol. The summed E-state index contributed by atoms with van der Waals surface area (Å²) < 4.78 is 11.2. The van der Waals surface area contributed by atoms with Crippen LogP contribution in [0.15, 0.2) is 24.3 Å². The van der Waals surface area contributed by atoms with Gasteiger partial charge < -0.3 is 19.5 Å². The molecule has 0 aliphatic carbocycles. The fourth-order valence-electron chi connectivity index (χ4n) is 2.69. The molecule has 21 heavy (non-hydrogen) atoms. The molecule has 0 spiro atoms. The number of benzene rings is 1. The minimum absolute atomic E-state index is 0.131. The number of rotatable bonds is 2. The van der Waals surface area contributed by atoms with Gasteiger partial charge in [-0.05, 0) is 25.0 Å². The van der Waals surface area contributed by atoms with E-state index in [1.165, 1.54) is 0 Å². The zero-order valence-corrected chi connectivity index (χ0v) is 11.5. The number of hydrogen-bond donors (Lipinski definition) is 1. The van der Waals surface area contributed by atoms with Crippen LogP contribution in [-0.4, -0.2) is 47.7 Å². The Kier molecular flexibility index (Phi) is 3.68. The third kappa shape index (κ3) is 2.79. The third-order valence-corrected chi connectivity index (χ3v) is 3.94. The lowest BCUT2D eigenvalue weighted by Crippen LogP contribution is -2.49. The Balaban J connectivity index is 1.61. The number of carboxylic acids is 1. The number of aliphatic carboxylic acids is 1. The van der Waals surface area contributed by atoms with Gasteiger partial charge in [0.15, 0.2) is 11.5 Å². The van der Waals surface area contributed by atoms with Gasteiger partial charge in [-0.2, -0.15) is 0 Å². The summed E-state index contributed by atoms with van der Waals surface area (Å²) in [5.41, 5.74) is 0. The molecule has 1 fully saturated rings. The average molecular weight is 291 g/mol. The minimum Gasteiger partial charge on any atom is -0.485 e. The maximum Gasteiger partial charge on any atom is 0.306 e. The van der Waals surface area contributed by atoms with E-state index in [9.17, 15) is 9.59 Å². The second kappa shape index (κ2) is 5.63. The molecule has 2 aliphatic heterocycles. The summed E-state index contributed by atoms with van der Waals surface area (Å²) >= 11 is 0. The highest BCUT2D eigenvalue weighted by atomic mass is 16.6. The number of nitrogens with zero attached hydrogens (tertiary/aromatic N) is 1. The number of amides is 1. The number of hydrogen-bond acceptors (Lipinski definition) is 4. The molecule has 2 aliphatic rings. The maximum atomic E-state index is 12.4. The standard InChI is InChI=1S/C15H17NO5/c17-14(16-7-5-10(6-8-16)15(18)19)13-9-20-11-3-1-2-4-12(11)21-13/h1-4,10,13H,5-9H2,(H,18,19)/t13-/m0/s1. The molecule has 112 valence electrons. The van der Waals surface area contributed by atoms with Gasteiger partial charge in [0.25, 0.3) is 5.91 Å². The molecule has 1 saturated heterocycles. The molecule has 0 radical (unpaired) electrons. The number of carbonyl (C=O) groups excluding carboxylic acids is 1. The molecule has 0 saturated carbocycles. The van der Waals surface area contributed by atoms with Crippen LogP contribution in [0.4, 0.5) is 0 Å². The molecule has 1 amide bonds. The molecule has 2 heterocycles. The predicted octanol–water partition coefficient (Wildman–Crippen LogP) is 1.15. The number of para-hydroxylation sites is 2. The van der Waals surface area contributed by atoms with Crippen molar-refractivity contribution in [3.05, 3.63) is 24.3 Å². The summed E-state index contributed by atoms with van der Waals surface area (Å²) in [6.45, 7) is 1.10. The smallest absolute Gasteiger partial charge is 0.306 e. The van der Waals surface area contributed by atoms with Crippen LogP contribution in [0.1, 0.15) is 12.8 Å². The Bertz CT molecular complexity index is 551. The molecule has 1 aromatic carbocycles. The van der Waals surface area contributed by atoms with E-state index in [-0.39, 0.29) is 18.4 Å². The fraction of sp³-hybridized carbons (Fsp3) is 0.467. The zero-order chi connectivity index (χ0) is 14.8. The number of carbonyl (C=O) groups is 2. The van der Waals surface area contributed by atoms with Crippen LogP contribution in [0.5, 0.6) is 11.5 Å². The third-order valence-electron chi connectivity index (χ3n) is 3.94. The van der Waals surface area contributed by atoms with Crippen LogP contribution >= 0.6 is 0 Å². The van der Waals surface area contributed by atoms with Crippen molar-refractivity contribution in [3.8, 4) is 11.5 Å². The Morgan fingerprint density at radius 3 is 2.48 bits per heavy atom. The largest absolute Gasteiger partial charge is 0.485 e. The minimum atomic E-state index is -0.784. The highest BCUT2D eigenvalue weighted by Gasteiger charge is 2.34. The van der Waals surface area contributed by atoms with Crippen molar-refractivity contribution in [2.45, 2.75) is 18.9 Å². The van der Waals surface area contributed by atoms with E-state index in [1.807, 2.05) is 12.1 Å². The number of likely N-dealkylation sites (tertiary alicyclic amines) is 1. The monoisotopic (exact) mass is 291 g/mol. The summed E-state index contributed by atoms with van der Waals surface area (Å²) in [5.74, 6) is -0.0476. The van der Waals surface area contributed by atoms with Crippen LogP contribution in [-0.2, 0) is 9.59 Å². The van der Waals surface area contributed by atoms with Gasteiger partial charge in [0.1, 0.15) is 6.61 Å². The van der Waals surface area contributed by atoms with Crippen LogP contribution < -0.4 is 9.47 Å². The van der Waals surface area contributed by atoms with Gasteiger partial charge in [-0.15, -0.1) is 0 Å². The van der Waals surface area contributed by atoms with Gasteiger partial charge in [-0.25, -0.2) is 0 Å². The first kappa shape index (κ1) is 13.7. The van der Waals surface area contributed by atoms with E-state index >= 15 is 0 Å². The second-order valence-corrected chi connectivity index (χ2v) is 5.30. The lowest BCUT2D eigenvalue weighted by molar-refractivity contribution is -0.148. The van der Waals surface area contributed by atoms with Crippen molar-refractivity contribution in [1.82, 2.24) is 4.90 Å². The van der Waals surface area contributed by atoms with Gasteiger partial charge >= 0.3 is 5.97 Å². The first-order chi connectivity index (χ1) is 10.1. The zero-order valence-electron chi connectivity index (χ0n) is 11.5. The molecule has 1 atom stereocenters. The van der Waals surface area contributed by atoms with E-state index in [4.69, 9.17) is 14.6 Å². The summed E-state index contributed by atoms with van der Waals surface area (Å²) in [6, 6.07) is 7.24. The Morgan fingerprint density at radius 1 is 1.14 bits per heavy atom. The summed E-state index contributed by atoms with van der Waals surface area (Å²) in [5, 5.41) is 8.97. The van der Waals surface area contributed by atoms with Gasteiger partial charge in [0.2, 0.25) is 6.10 Å². The van der Waals surface area contributed by atoms with Gasteiger partial charge in [0, 0.05) is 13.1 Å². The highest BCUT2D eigenvalue weighted by molar-refractivity contribution is 5.82. The van der Waals surface area contributed by atoms with E-state index < -0.39 is 12.1 Å². The molecular formula is C15H17NO5. The highest BCUT2D eigenvalue weighted by Crippen LogP contribution is 2.31. The summed E-state index contributed by atoms with van der Waals surface area (Å²) in [7, 11) is 0. The molecule has 6 heteroatoms. The van der Waals surface area contributed by atoms with Crippen molar-refractivity contribution in [1.29, 1.82) is 0 Å². The fourth-order valence-corrected chi connectivity index (χ4v) is 2.69. The normalized spacial score (nSPS) is 21.9. The second-order valence-electron chi connectivity index (χ2n) is 5.30. The summed E-state index contributed by atoms with van der Waals surface area (Å²) in [6.07, 6.45) is 0.331. The van der Waals surface area contributed by atoms with Crippen molar-refractivity contribution >= 4 is 11.9 Å². The van der Waals surface area contributed by atoms with Crippen molar-refractivity contribution < 1.29 is 24.2 Å². The van der Waals surface area contributed by atoms with Gasteiger partial charge in [-0.1, -0.05) is 12.1 Å². The SMILES string of the molecule is O=C(O)C1CCN(C(=O)[C@@H]2COc3ccccc3O2)CC1. The first-order valence-corrected chi connectivity index (χ1v) is 7.05. The Labute approximate surface area is 122 Å². The van der Waals surface area contributed by atoms with Crippen molar-refractivity contribution in [2.24, 2.45) is 5.92 Å². The lowest BCUT2D eigenvalue weighted by atomic mass is 9.97. The van der Waals surface area contributed by atoms with Crippen LogP contribution in [0, 0.1) is 5.92 Å². The molecule has 1 aromatic rings. The van der Waals surface area contributed by atoms with Crippen molar-refractivity contribution in [2.75, 3.05) is 19.7 Å².